The van der Waals surface area contributed by atoms with E-state index in [1.165, 1.54) is 13.1 Å². The molecule has 2 aromatic rings. The zero-order valence-electron chi connectivity index (χ0n) is 14.8. The highest BCUT2D eigenvalue weighted by atomic mass is 16.5. The molecule has 26 heavy (non-hydrogen) atoms. The van der Waals surface area contributed by atoms with Crippen molar-refractivity contribution in [1.82, 2.24) is 5.43 Å². The highest BCUT2D eigenvalue weighted by molar-refractivity contribution is 5.83. The number of hydrogen-bond acceptors (Lipinski definition) is 6. The molecule has 136 valence electrons. The van der Waals surface area contributed by atoms with Gasteiger partial charge in [-0.2, -0.15) is 5.10 Å². The predicted molar refractivity (Wildman–Crippen MR) is 96.7 cm³/mol. The first kappa shape index (κ1) is 19.0. The fourth-order valence-electron chi connectivity index (χ4n) is 2.18. The van der Waals surface area contributed by atoms with E-state index in [-0.39, 0.29) is 18.3 Å². The smallest absolute Gasteiger partial charge is 0.308 e. The topological polar surface area (TPSA) is 86.2 Å². The number of methoxy groups -OCH3 is 2. The van der Waals surface area contributed by atoms with Crippen LogP contribution in [0.4, 0.5) is 0 Å². The van der Waals surface area contributed by atoms with Crippen LogP contribution in [0.2, 0.25) is 0 Å². The molecule has 0 radical (unpaired) electrons. The van der Waals surface area contributed by atoms with E-state index in [4.69, 9.17) is 14.2 Å². The first-order chi connectivity index (χ1) is 12.5. The van der Waals surface area contributed by atoms with Gasteiger partial charge in [0.2, 0.25) is 5.91 Å². The molecule has 0 aromatic heterocycles. The summed E-state index contributed by atoms with van der Waals surface area (Å²) in [4.78, 5) is 22.8. The summed E-state index contributed by atoms with van der Waals surface area (Å²) in [6, 6.07) is 12.0. The fourth-order valence-corrected chi connectivity index (χ4v) is 2.18. The van der Waals surface area contributed by atoms with Crippen molar-refractivity contribution in [3.63, 3.8) is 0 Å². The molecule has 1 amide bonds. The molecule has 0 aliphatic rings. The number of carbonyl (C=O) groups excluding carboxylic acids is 2. The lowest BCUT2D eigenvalue weighted by Crippen LogP contribution is -2.19. The van der Waals surface area contributed by atoms with Crippen molar-refractivity contribution < 1.29 is 23.8 Å². The molecule has 0 bridgehead atoms. The zero-order chi connectivity index (χ0) is 18.9. The Morgan fingerprint density at radius 1 is 1.04 bits per heavy atom. The molecule has 1 N–H and O–H groups in total. The molecule has 0 spiro atoms. The zero-order valence-corrected chi connectivity index (χ0v) is 14.8. The third-order valence-corrected chi connectivity index (χ3v) is 3.36. The Morgan fingerprint density at radius 2 is 1.73 bits per heavy atom. The SMILES string of the molecule is COc1ccc(CC(=O)N/N=C\c2ccc(OC(C)=O)cc2)cc1OC. The Hall–Kier alpha value is -3.35. The van der Waals surface area contributed by atoms with E-state index in [9.17, 15) is 9.59 Å². The van der Waals surface area contributed by atoms with Gasteiger partial charge in [0.25, 0.3) is 0 Å². The van der Waals surface area contributed by atoms with Crippen LogP contribution < -0.4 is 19.6 Å². The third kappa shape index (κ3) is 5.62. The number of hydrogen-bond donors (Lipinski definition) is 1. The van der Waals surface area contributed by atoms with Gasteiger partial charge < -0.3 is 14.2 Å². The predicted octanol–water partition coefficient (Wildman–Crippen LogP) is 2.32. The van der Waals surface area contributed by atoms with Crippen molar-refractivity contribution in [2.45, 2.75) is 13.3 Å². The second kappa shape index (κ2) is 9.22. The van der Waals surface area contributed by atoms with Crippen molar-refractivity contribution in [2.75, 3.05) is 14.2 Å². The van der Waals surface area contributed by atoms with Gasteiger partial charge in [-0.3, -0.25) is 9.59 Å². The van der Waals surface area contributed by atoms with Gasteiger partial charge >= 0.3 is 5.97 Å². The Morgan fingerprint density at radius 3 is 2.35 bits per heavy atom. The summed E-state index contributed by atoms with van der Waals surface area (Å²) in [7, 11) is 3.09. The molecule has 0 fully saturated rings. The number of carbonyl (C=O) groups is 2. The average molecular weight is 356 g/mol. The molecule has 0 unspecified atom stereocenters. The maximum atomic E-state index is 12.0. The summed E-state index contributed by atoms with van der Waals surface area (Å²) in [6.45, 7) is 1.34. The van der Waals surface area contributed by atoms with Crippen LogP contribution in [0.25, 0.3) is 0 Å². The summed E-state index contributed by atoms with van der Waals surface area (Å²) < 4.78 is 15.3. The molecule has 0 saturated carbocycles. The molecule has 7 nitrogen and oxygen atoms in total. The van der Waals surface area contributed by atoms with Crippen molar-refractivity contribution in [1.29, 1.82) is 0 Å². The molecule has 0 heterocycles. The number of rotatable bonds is 7. The van der Waals surface area contributed by atoms with Gasteiger partial charge in [-0.05, 0) is 47.5 Å². The summed E-state index contributed by atoms with van der Waals surface area (Å²) in [6.07, 6.45) is 1.66. The Labute approximate surface area is 151 Å². The van der Waals surface area contributed by atoms with E-state index >= 15 is 0 Å². The van der Waals surface area contributed by atoms with Gasteiger partial charge in [-0.15, -0.1) is 0 Å². The Kier molecular flexibility index (Phi) is 6.73. The standard InChI is InChI=1S/C19H20N2O5/c1-13(22)26-16-7-4-14(5-8-16)12-20-21-19(23)11-15-6-9-17(24-2)18(10-15)25-3/h4-10,12H,11H2,1-3H3,(H,21,23)/b20-12-. The van der Waals surface area contributed by atoms with Gasteiger partial charge in [0.05, 0.1) is 26.9 Å². The third-order valence-electron chi connectivity index (χ3n) is 3.36. The van der Waals surface area contributed by atoms with Crippen LogP contribution >= 0.6 is 0 Å². The molecule has 7 heteroatoms. The van der Waals surface area contributed by atoms with Crippen LogP contribution in [0.3, 0.4) is 0 Å². The molecule has 0 aliphatic heterocycles. The number of hydrazone groups is 1. The summed E-state index contributed by atoms with van der Waals surface area (Å²) in [5.74, 6) is 0.979. The number of ether oxygens (including phenoxy) is 3. The second-order valence-electron chi connectivity index (χ2n) is 5.32. The highest BCUT2D eigenvalue weighted by Crippen LogP contribution is 2.27. The summed E-state index contributed by atoms with van der Waals surface area (Å²) >= 11 is 0. The highest BCUT2D eigenvalue weighted by Gasteiger charge is 2.07. The van der Waals surface area contributed by atoms with Gasteiger partial charge in [-0.1, -0.05) is 6.07 Å². The molecule has 0 aliphatic carbocycles. The second-order valence-corrected chi connectivity index (χ2v) is 5.32. The van der Waals surface area contributed by atoms with Crippen LogP contribution in [0.1, 0.15) is 18.1 Å². The number of amides is 1. The number of nitrogens with zero attached hydrogens (tertiary/aromatic N) is 1. The Balaban J connectivity index is 1.90. The first-order valence-corrected chi connectivity index (χ1v) is 7.83. The number of esters is 1. The first-order valence-electron chi connectivity index (χ1n) is 7.83. The van der Waals surface area contributed by atoms with Gasteiger partial charge in [-0.25, -0.2) is 5.43 Å². The fraction of sp³-hybridized carbons (Fsp3) is 0.211. The quantitative estimate of drug-likeness (QED) is 0.356. The lowest BCUT2D eigenvalue weighted by Gasteiger charge is -2.09. The lowest BCUT2D eigenvalue weighted by molar-refractivity contribution is -0.131. The van der Waals surface area contributed by atoms with Gasteiger partial charge in [0, 0.05) is 6.92 Å². The Bertz CT molecular complexity index is 800. The van der Waals surface area contributed by atoms with Crippen LogP contribution in [0.5, 0.6) is 17.2 Å². The summed E-state index contributed by atoms with van der Waals surface area (Å²) in [5.41, 5.74) is 4.00. The average Bonchev–Trinajstić information content (AvgIpc) is 2.62. The lowest BCUT2D eigenvalue weighted by atomic mass is 10.1. The van der Waals surface area contributed by atoms with Gasteiger partial charge in [0.1, 0.15) is 5.75 Å². The molecule has 0 saturated heterocycles. The largest absolute Gasteiger partial charge is 0.493 e. The molecule has 0 atom stereocenters. The number of nitrogens with one attached hydrogen (secondary N) is 1. The van der Waals surface area contributed by atoms with E-state index in [1.807, 2.05) is 0 Å². The molecule has 2 aromatic carbocycles. The van der Waals surface area contributed by atoms with Crippen LogP contribution in [0.15, 0.2) is 47.6 Å². The number of benzene rings is 2. The summed E-state index contributed by atoms with van der Waals surface area (Å²) in [5, 5.41) is 3.92. The van der Waals surface area contributed by atoms with Crippen molar-refractivity contribution >= 4 is 18.1 Å². The van der Waals surface area contributed by atoms with Crippen LogP contribution in [0, 0.1) is 0 Å². The van der Waals surface area contributed by atoms with Crippen LogP contribution in [-0.4, -0.2) is 32.3 Å². The van der Waals surface area contributed by atoms with E-state index < -0.39 is 0 Å². The van der Waals surface area contributed by atoms with Crippen LogP contribution in [-0.2, 0) is 16.0 Å². The monoisotopic (exact) mass is 356 g/mol. The van der Waals surface area contributed by atoms with Gasteiger partial charge in [0.15, 0.2) is 11.5 Å². The van der Waals surface area contributed by atoms with E-state index in [2.05, 4.69) is 10.5 Å². The van der Waals surface area contributed by atoms with E-state index in [1.54, 1.807) is 56.7 Å². The van der Waals surface area contributed by atoms with Crippen molar-refractivity contribution in [3.05, 3.63) is 53.6 Å². The molecular weight excluding hydrogens is 336 g/mol. The van der Waals surface area contributed by atoms with Crippen molar-refractivity contribution in [2.24, 2.45) is 5.10 Å². The normalized spacial score (nSPS) is 10.4. The molecular formula is C19H20N2O5. The minimum absolute atomic E-state index is 0.156. The van der Waals surface area contributed by atoms with E-state index in [0.29, 0.717) is 17.2 Å². The minimum atomic E-state index is -0.381. The van der Waals surface area contributed by atoms with E-state index in [0.717, 1.165) is 11.1 Å². The maximum Gasteiger partial charge on any atom is 0.308 e. The van der Waals surface area contributed by atoms with Crippen molar-refractivity contribution in [3.8, 4) is 17.2 Å². The molecule has 2 rings (SSSR count). The maximum absolute atomic E-state index is 12.0. The minimum Gasteiger partial charge on any atom is -0.493 e.